The van der Waals surface area contributed by atoms with Crippen molar-refractivity contribution in [1.29, 1.82) is 0 Å². The monoisotopic (exact) mass is 370 g/mol. The summed E-state index contributed by atoms with van der Waals surface area (Å²) in [6.45, 7) is 7.35. The number of benzene rings is 1. The minimum atomic E-state index is 0.0122. The quantitative estimate of drug-likeness (QED) is 0.784. The highest BCUT2D eigenvalue weighted by Gasteiger charge is 2.28. The van der Waals surface area contributed by atoms with Gasteiger partial charge in [0.25, 0.3) is 0 Å². The second kappa shape index (κ2) is 8.40. The van der Waals surface area contributed by atoms with Crippen molar-refractivity contribution in [3.05, 3.63) is 52.2 Å². The summed E-state index contributed by atoms with van der Waals surface area (Å²) >= 11 is 0. The minimum Gasteiger partial charge on any atom is -0.377 e. The van der Waals surface area contributed by atoms with Gasteiger partial charge < -0.3 is 9.64 Å². The van der Waals surface area contributed by atoms with Crippen LogP contribution >= 0.6 is 0 Å². The van der Waals surface area contributed by atoms with Crippen LogP contribution in [0.2, 0.25) is 0 Å². The number of nitrogens with zero attached hydrogens (tertiary/aromatic N) is 4. The van der Waals surface area contributed by atoms with Gasteiger partial charge in [-0.2, -0.15) is 5.10 Å². The van der Waals surface area contributed by atoms with E-state index in [-0.39, 0.29) is 5.69 Å². The molecule has 0 spiro atoms. The van der Waals surface area contributed by atoms with Crippen LogP contribution in [-0.4, -0.2) is 51.6 Å². The van der Waals surface area contributed by atoms with Gasteiger partial charge >= 0.3 is 5.69 Å². The molecule has 1 aromatic heterocycles. The summed E-state index contributed by atoms with van der Waals surface area (Å²) < 4.78 is 9.27. The van der Waals surface area contributed by atoms with E-state index in [0.29, 0.717) is 25.1 Å². The third-order valence-corrected chi connectivity index (χ3v) is 5.88. The van der Waals surface area contributed by atoms with Gasteiger partial charge in [-0.15, -0.1) is 0 Å². The molecule has 0 bridgehead atoms. The van der Waals surface area contributed by atoms with Crippen molar-refractivity contribution in [2.24, 2.45) is 0 Å². The van der Waals surface area contributed by atoms with E-state index in [2.05, 4.69) is 4.90 Å². The summed E-state index contributed by atoms with van der Waals surface area (Å²) in [6.07, 6.45) is 4.94. The average Bonchev–Trinajstić information content (AvgIpc) is 3.31. The van der Waals surface area contributed by atoms with Gasteiger partial charge in [0, 0.05) is 25.6 Å². The lowest BCUT2D eigenvalue weighted by Gasteiger charge is -2.32. The molecule has 3 heterocycles. The fourth-order valence-electron chi connectivity index (χ4n) is 4.37. The number of piperidine rings is 1. The predicted octanol–water partition coefficient (Wildman–Crippen LogP) is 2.47. The molecule has 4 rings (SSSR count). The number of aromatic nitrogens is 3. The Kier molecular flexibility index (Phi) is 5.74. The summed E-state index contributed by atoms with van der Waals surface area (Å²) in [5.74, 6) is 1.34. The molecule has 0 aliphatic carbocycles. The fraction of sp³-hybridized carbons (Fsp3) is 0.619. The molecule has 146 valence electrons. The number of ether oxygens (including phenoxy) is 1. The molecule has 6 heteroatoms. The maximum atomic E-state index is 12.8. The number of hydrogen-bond donors (Lipinski definition) is 0. The summed E-state index contributed by atoms with van der Waals surface area (Å²) in [7, 11) is 0. The second-order valence-corrected chi connectivity index (χ2v) is 7.74. The first-order valence-corrected chi connectivity index (χ1v) is 10.3. The van der Waals surface area contributed by atoms with Crippen LogP contribution in [0.5, 0.6) is 0 Å². The van der Waals surface area contributed by atoms with Crippen molar-refractivity contribution in [3.8, 4) is 0 Å². The van der Waals surface area contributed by atoms with Crippen molar-refractivity contribution in [2.75, 3.05) is 26.2 Å². The van der Waals surface area contributed by atoms with Crippen molar-refractivity contribution >= 4 is 0 Å². The Morgan fingerprint density at radius 2 is 1.93 bits per heavy atom. The normalized spacial score (nSPS) is 21.7. The molecule has 0 radical (unpaired) electrons. The first-order valence-electron chi connectivity index (χ1n) is 10.3. The maximum Gasteiger partial charge on any atom is 0.346 e. The Hall–Kier alpha value is -1.92. The van der Waals surface area contributed by atoms with Crippen molar-refractivity contribution < 1.29 is 4.74 Å². The Balaban J connectivity index is 1.44. The lowest BCUT2D eigenvalue weighted by Crippen LogP contribution is -2.38. The first-order chi connectivity index (χ1) is 13.2. The number of likely N-dealkylation sites (tertiary alicyclic amines) is 1. The molecule has 0 amide bonds. The van der Waals surface area contributed by atoms with Gasteiger partial charge in [0.2, 0.25) is 0 Å². The van der Waals surface area contributed by atoms with Crippen LogP contribution < -0.4 is 5.69 Å². The lowest BCUT2D eigenvalue weighted by molar-refractivity contribution is 0.0638. The Morgan fingerprint density at radius 3 is 2.59 bits per heavy atom. The molecule has 0 saturated carbocycles. The molecule has 27 heavy (non-hydrogen) atoms. The molecule has 2 saturated heterocycles. The fourth-order valence-corrected chi connectivity index (χ4v) is 4.37. The van der Waals surface area contributed by atoms with E-state index < -0.39 is 0 Å². The second-order valence-electron chi connectivity index (χ2n) is 7.74. The SMILES string of the molecule is CCn1c(C2CCN(CC3CCCO3)CC2)nn(Cc2ccccc2)c1=O. The van der Waals surface area contributed by atoms with E-state index in [0.717, 1.165) is 50.5 Å². The van der Waals surface area contributed by atoms with E-state index >= 15 is 0 Å². The highest BCUT2D eigenvalue weighted by molar-refractivity contribution is 5.15. The van der Waals surface area contributed by atoms with Crippen LogP contribution in [0.15, 0.2) is 35.1 Å². The molecular weight excluding hydrogens is 340 g/mol. The third kappa shape index (κ3) is 4.17. The number of rotatable bonds is 6. The Bertz CT molecular complexity index is 784. The maximum absolute atomic E-state index is 12.8. The van der Waals surface area contributed by atoms with Gasteiger partial charge in [-0.3, -0.25) is 4.57 Å². The van der Waals surface area contributed by atoms with Crippen LogP contribution in [0.25, 0.3) is 0 Å². The topological polar surface area (TPSA) is 52.3 Å². The minimum absolute atomic E-state index is 0.0122. The Morgan fingerprint density at radius 1 is 1.15 bits per heavy atom. The van der Waals surface area contributed by atoms with E-state index in [4.69, 9.17) is 9.84 Å². The summed E-state index contributed by atoms with van der Waals surface area (Å²) in [5.41, 5.74) is 1.12. The highest BCUT2D eigenvalue weighted by Crippen LogP contribution is 2.27. The van der Waals surface area contributed by atoms with Gasteiger partial charge in [-0.25, -0.2) is 9.48 Å². The first kappa shape index (κ1) is 18.4. The molecular formula is C21H30N4O2. The van der Waals surface area contributed by atoms with E-state index in [9.17, 15) is 4.79 Å². The summed E-state index contributed by atoms with van der Waals surface area (Å²) in [4.78, 5) is 15.3. The zero-order valence-corrected chi connectivity index (χ0v) is 16.2. The largest absolute Gasteiger partial charge is 0.377 e. The molecule has 2 fully saturated rings. The standard InChI is InChI=1S/C21H30N4O2/c1-2-24-20(22-25(21(24)26)15-17-7-4-3-5-8-17)18-10-12-23(13-11-18)16-19-9-6-14-27-19/h3-5,7-8,18-19H,2,6,9-16H2,1H3. The lowest BCUT2D eigenvalue weighted by atomic mass is 9.95. The third-order valence-electron chi connectivity index (χ3n) is 5.88. The molecule has 1 atom stereocenters. The number of hydrogen-bond acceptors (Lipinski definition) is 4. The molecule has 1 aromatic carbocycles. The van der Waals surface area contributed by atoms with Crippen LogP contribution in [0.4, 0.5) is 0 Å². The zero-order valence-electron chi connectivity index (χ0n) is 16.2. The predicted molar refractivity (Wildman–Crippen MR) is 105 cm³/mol. The van der Waals surface area contributed by atoms with Crippen LogP contribution in [-0.2, 0) is 17.8 Å². The molecule has 0 N–H and O–H groups in total. The zero-order chi connectivity index (χ0) is 18.6. The van der Waals surface area contributed by atoms with Gasteiger partial charge in [0.1, 0.15) is 5.82 Å². The average molecular weight is 370 g/mol. The van der Waals surface area contributed by atoms with Gasteiger partial charge in [-0.1, -0.05) is 30.3 Å². The summed E-state index contributed by atoms with van der Waals surface area (Å²) in [6, 6.07) is 10.1. The van der Waals surface area contributed by atoms with Crippen molar-refractivity contribution in [1.82, 2.24) is 19.2 Å². The highest BCUT2D eigenvalue weighted by atomic mass is 16.5. The Labute approximate surface area is 160 Å². The molecule has 2 aromatic rings. The van der Waals surface area contributed by atoms with Crippen molar-refractivity contribution in [2.45, 2.75) is 57.7 Å². The van der Waals surface area contributed by atoms with Crippen molar-refractivity contribution in [3.63, 3.8) is 0 Å². The van der Waals surface area contributed by atoms with E-state index in [1.54, 1.807) is 4.68 Å². The van der Waals surface area contributed by atoms with Crippen LogP contribution in [0.3, 0.4) is 0 Å². The van der Waals surface area contributed by atoms with Gasteiger partial charge in [-0.05, 0) is 51.3 Å². The molecule has 2 aliphatic rings. The molecule has 6 nitrogen and oxygen atoms in total. The molecule has 1 unspecified atom stereocenters. The van der Waals surface area contributed by atoms with Crippen LogP contribution in [0.1, 0.15) is 49.9 Å². The molecule has 2 aliphatic heterocycles. The smallest absolute Gasteiger partial charge is 0.346 e. The van der Waals surface area contributed by atoms with E-state index in [1.807, 2.05) is 41.8 Å². The summed E-state index contributed by atoms with van der Waals surface area (Å²) in [5, 5.41) is 4.75. The van der Waals surface area contributed by atoms with Crippen LogP contribution in [0, 0.1) is 0 Å². The van der Waals surface area contributed by atoms with Gasteiger partial charge in [0.15, 0.2) is 0 Å². The van der Waals surface area contributed by atoms with E-state index in [1.165, 1.54) is 12.8 Å². The van der Waals surface area contributed by atoms with Gasteiger partial charge in [0.05, 0.1) is 12.6 Å².